The van der Waals surface area contributed by atoms with Gasteiger partial charge in [0.25, 0.3) is 0 Å². The first kappa shape index (κ1) is 8.22. The van der Waals surface area contributed by atoms with E-state index in [1.807, 2.05) is 0 Å². The molecule has 0 amide bonds. The van der Waals surface area contributed by atoms with Crippen molar-refractivity contribution in [2.45, 2.75) is 6.92 Å². The smallest absolute Gasteiger partial charge is 0.248 e. The highest BCUT2D eigenvalue weighted by Crippen LogP contribution is 1.95. The minimum absolute atomic E-state index is 0.0584. The lowest BCUT2D eigenvalue weighted by atomic mass is 10.9. The lowest BCUT2D eigenvalue weighted by Crippen LogP contribution is -2.03. The van der Waals surface area contributed by atoms with E-state index in [4.69, 9.17) is 0 Å². The van der Waals surface area contributed by atoms with Crippen molar-refractivity contribution in [2.24, 2.45) is 0 Å². The average molecular weight is 158 g/mol. The molecular formula is C2H6O4S2. The molecule has 0 rings (SSSR count). The average Bonchev–Trinajstić information content (AvgIpc) is 1.67. The van der Waals surface area contributed by atoms with Gasteiger partial charge < -0.3 is 0 Å². The third-order valence-corrected chi connectivity index (χ3v) is 1.61. The van der Waals surface area contributed by atoms with Gasteiger partial charge in [-0.25, -0.2) is 4.18 Å². The number of hydrogen-bond acceptors (Lipinski definition) is 5. The maximum atomic E-state index is 10.1. The molecule has 0 aromatic carbocycles. The minimum Gasteiger partial charge on any atom is -0.248 e. The Bertz CT molecular complexity index is 136. The van der Waals surface area contributed by atoms with Crippen LogP contribution in [-0.4, -0.2) is 15.0 Å². The molecule has 0 saturated carbocycles. The van der Waals surface area contributed by atoms with Gasteiger partial charge in [0.15, 0.2) is 0 Å². The normalized spacial score (nSPS) is 11.8. The third kappa shape index (κ3) is 3.25. The summed E-state index contributed by atoms with van der Waals surface area (Å²) in [7, 11) is -3.81. The van der Waals surface area contributed by atoms with E-state index in [1.165, 1.54) is 6.92 Å². The maximum Gasteiger partial charge on any atom is 0.410 e. The third-order valence-electron chi connectivity index (χ3n) is 0.353. The van der Waals surface area contributed by atoms with E-state index in [2.05, 4.69) is 20.7 Å². The number of rotatable bonds is 3. The lowest BCUT2D eigenvalue weighted by Gasteiger charge is -1.94. The molecular weight excluding hydrogens is 152 g/mol. The fourth-order valence-electron chi connectivity index (χ4n) is 0.166. The van der Waals surface area contributed by atoms with Gasteiger partial charge >= 0.3 is 10.4 Å². The van der Waals surface area contributed by atoms with E-state index < -0.39 is 10.4 Å². The van der Waals surface area contributed by atoms with Crippen molar-refractivity contribution >= 4 is 23.3 Å². The van der Waals surface area contributed by atoms with Crippen LogP contribution < -0.4 is 0 Å². The van der Waals surface area contributed by atoms with Crippen molar-refractivity contribution in [2.75, 3.05) is 6.61 Å². The van der Waals surface area contributed by atoms with Gasteiger partial charge in [-0.15, -0.1) is 0 Å². The van der Waals surface area contributed by atoms with Crippen molar-refractivity contribution in [3.63, 3.8) is 0 Å². The summed E-state index contributed by atoms with van der Waals surface area (Å²) in [6.45, 7) is 1.59. The fraction of sp³-hybridized carbons (Fsp3) is 1.00. The Hall–Kier alpha value is 0.220. The first-order valence-corrected chi connectivity index (χ1v) is 3.54. The molecule has 0 aliphatic carbocycles. The van der Waals surface area contributed by atoms with Crippen molar-refractivity contribution in [3.8, 4) is 0 Å². The molecule has 0 atom stereocenters. The van der Waals surface area contributed by atoms with Gasteiger partial charge in [-0.3, -0.25) is 0 Å². The second-order valence-corrected chi connectivity index (χ2v) is 2.54. The minimum atomic E-state index is -3.81. The Morgan fingerprint density at radius 1 is 1.62 bits per heavy atom. The van der Waals surface area contributed by atoms with Gasteiger partial charge in [0.1, 0.15) is 0 Å². The lowest BCUT2D eigenvalue weighted by molar-refractivity contribution is 0.298. The fourth-order valence-corrected chi connectivity index (χ4v) is 0.627. The van der Waals surface area contributed by atoms with Crippen LogP contribution in [0.25, 0.3) is 0 Å². The van der Waals surface area contributed by atoms with Gasteiger partial charge in [0.05, 0.1) is 6.61 Å². The van der Waals surface area contributed by atoms with E-state index in [-0.39, 0.29) is 6.61 Å². The highest BCUT2D eigenvalue weighted by molar-refractivity contribution is 7.92. The van der Waals surface area contributed by atoms with E-state index in [9.17, 15) is 8.42 Å². The van der Waals surface area contributed by atoms with E-state index in [0.717, 1.165) is 0 Å². The largest absolute Gasteiger partial charge is 0.410 e. The zero-order valence-electron chi connectivity index (χ0n) is 4.20. The zero-order chi connectivity index (χ0) is 6.62. The van der Waals surface area contributed by atoms with Crippen LogP contribution >= 0.6 is 12.9 Å². The Balaban J connectivity index is 3.76. The monoisotopic (exact) mass is 158 g/mol. The standard InChI is InChI=1S/C2H6O4S2/c1-2-5-8(3,4)6-7/h7H,2H2,1H3. The summed E-state index contributed by atoms with van der Waals surface area (Å²) < 4.78 is 27.8. The molecule has 0 unspecified atom stereocenters. The molecule has 8 heavy (non-hydrogen) atoms. The van der Waals surface area contributed by atoms with Crippen LogP contribution in [0.1, 0.15) is 6.92 Å². The summed E-state index contributed by atoms with van der Waals surface area (Å²) in [5.41, 5.74) is 0. The Kier molecular flexibility index (Phi) is 3.38. The molecule has 0 aromatic rings. The molecule has 4 nitrogen and oxygen atoms in total. The van der Waals surface area contributed by atoms with E-state index in [0.29, 0.717) is 0 Å². The summed E-state index contributed by atoms with van der Waals surface area (Å²) in [5, 5.41) is 0. The molecule has 0 fully saturated rings. The maximum absolute atomic E-state index is 10.1. The first-order chi connectivity index (χ1) is 3.62. The molecule has 0 aliphatic heterocycles. The predicted molar refractivity (Wildman–Crippen MR) is 30.6 cm³/mol. The van der Waals surface area contributed by atoms with Crippen LogP contribution in [0.2, 0.25) is 0 Å². The predicted octanol–water partition coefficient (Wildman–Crippen LogP) is 0.129. The van der Waals surface area contributed by atoms with Crippen molar-refractivity contribution < 1.29 is 16.2 Å². The Morgan fingerprint density at radius 2 is 2.12 bits per heavy atom. The summed E-state index contributed by atoms with van der Waals surface area (Å²) in [6.07, 6.45) is 0. The van der Waals surface area contributed by atoms with Crippen molar-refractivity contribution in [3.05, 3.63) is 0 Å². The van der Waals surface area contributed by atoms with E-state index in [1.54, 1.807) is 0 Å². The number of hydrogen-bond donors (Lipinski definition) is 1. The zero-order valence-corrected chi connectivity index (χ0v) is 5.91. The van der Waals surface area contributed by atoms with E-state index >= 15 is 0 Å². The molecule has 0 saturated heterocycles. The van der Waals surface area contributed by atoms with Crippen LogP contribution in [0.4, 0.5) is 0 Å². The second kappa shape index (κ2) is 3.29. The van der Waals surface area contributed by atoms with Crippen LogP contribution in [0, 0.1) is 0 Å². The van der Waals surface area contributed by atoms with Crippen molar-refractivity contribution in [1.82, 2.24) is 0 Å². The van der Waals surface area contributed by atoms with Crippen LogP contribution in [-0.2, 0) is 18.2 Å². The van der Waals surface area contributed by atoms with Crippen molar-refractivity contribution in [1.29, 1.82) is 0 Å². The summed E-state index contributed by atoms with van der Waals surface area (Å²) in [4.78, 5) is 0. The van der Waals surface area contributed by atoms with Gasteiger partial charge in [-0.1, -0.05) is 0 Å². The molecule has 0 radical (unpaired) electrons. The first-order valence-electron chi connectivity index (χ1n) is 1.85. The SMILES string of the molecule is CCOS(=O)(=O)OS. The molecule has 0 spiro atoms. The summed E-state index contributed by atoms with van der Waals surface area (Å²) in [5.74, 6) is 0. The Labute approximate surface area is 53.7 Å². The highest BCUT2D eigenvalue weighted by atomic mass is 32.3. The van der Waals surface area contributed by atoms with Gasteiger partial charge in [-0.05, 0) is 19.8 Å². The molecule has 0 aliphatic rings. The van der Waals surface area contributed by atoms with Crippen LogP contribution in [0.5, 0.6) is 0 Å². The van der Waals surface area contributed by atoms with Gasteiger partial charge in [0, 0.05) is 0 Å². The molecule has 0 aromatic heterocycles. The van der Waals surface area contributed by atoms with Crippen LogP contribution in [0.15, 0.2) is 0 Å². The molecule has 50 valence electrons. The molecule has 0 N–H and O–H groups in total. The molecule has 6 heteroatoms. The quantitative estimate of drug-likeness (QED) is 0.468. The second-order valence-electron chi connectivity index (χ2n) is 0.889. The van der Waals surface area contributed by atoms with Gasteiger partial charge in [0.2, 0.25) is 0 Å². The highest BCUT2D eigenvalue weighted by Gasteiger charge is 2.05. The Morgan fingerprint density at radius 3 is 2.25 bits per heavy atom. The molecule has 0 heterocycles. The van der Waals surface area contributed by atoms with Gasteiger partial charge in [-0.2, -0.15) is 12.0 Å². The summed E-state index contributed by atoms with van der Waals surface area (Å²) >= 11 is 3.02. The summed E-state index contributed by atoms with van der Waals surface area (Å²) in [6, 6.07) is 0. The number of thiol groups is 1. The van der Waals surface area contributed by atoms with Crippen LogP contribution in [0.3, 0.4) is 0 Å². The molecule has 0 bridgehead atoms. The topological polar surface area (TPSA) is 52.6 Å².